The van der Waals surface area contributed by atoms with Crippen molar-refractivity contribution in [1.82, 2.24) is 10.4 Å². The predicted molar refractivity (Wildman–Crippen MR) is 57.1 cm³/mol. The molecule has 0 aliphatic carbocycles. The van der Waals surface area contributed by atoms with Crippen LogP contribution in [0.2, 0.25) is 0 Å². The summed E-state index contributed by atoms with van der Waals surface area (Å²) in [6, 6.07) is 4.37. The molecule has 0 atom stereocenters. The molecule has 82 valence electrons. The van der Waals surface area contributed by atoms with Gasteiger partial charge in [0.25, 0.3) is 5.91 Å². The van der Waals surface area contributed by atoms with Gasteiger partial charge in [0.1, 0.15) is 5.82 Å². The highest BCUT2D eigenvalue weighted by Gasteiger charge is 2.13. The molecule has 2 N–H and O–H groups in total. The molecule has 1 rings (SSSR count). The Kier molecular flexibility index (Phi) is 3.62. The van der Waals surface area contributed by atoms with Crippen molar-refractivity contribution in [2.45, 2.75) is 0 Å². The van der Waals surface area contributed by atoms with E-state index in [0.717, 1.165) is 0 Å². The number of hydrogen-bond donors (Lipinski definition) is 2. The lowest BCUT2D eigenvalue weighted by molar-refractivity contribution is 0.0857. The molecule has 0 aromatic heterocycles. The van der Waals surface area contributed by atoms with Gasteiger partial charge in [-0.05, 0) is 12.1 Å². The van der Waals surface area contributed by atoms with Crippen LogP contribution in [0.5, 0.6) is 0 Å². The van der Waals surface area contributed by atoms with Crippen molar-refractivity contribution in [3.8, 4) is 0 Å². The first-order valence-electron chi connectivity index (χ1n) is 4.51. The van der Waals surface area contributed by atoms with E-state index < -0.39 is 5.82 Å². The van der Waals surface area contributed by atoms with E-state index in [2.05, 4.69) is 10.7 Å². The third-order valence-corrected chi connectivity index (χ3v) is 1.83. The Balaban J connectivity index is 3.03. The van der Waals surface area contributed by atoms with Gasteiger partial charge in [-0.1, -0.05) is 6.07 Å². The van der Waals surface area contributed by atoms with E-state index >= 15 is 0 Å². The fraction of sp³-hybridized carbons (Fsp3) is 0.300. The first-order chi connectivity index (χ1) is 7.06. The van der Waals surface area contributed by atoms with Crippen LogP contribution in [0.25, 0.3) is 0 Å². The number of anilines is 1. The highest BCUT2D eigenvalue weighted by molar-refractivity contribution is 5.99. The molecule has 0 saturated heterocycles. The summed E-state index contributed by atoms with van der Waals surface area (Å²) in [7, 11) is 4.96. The smallest absolute Gasteiger partial charge is 0.267 e. The highest BCUT2D eigenvalue weighted by atomic mass is 19.1. The molecule has 0 fully saturated rings. The highest BCUT2D eigenvalue weighted by Crippen LogP contribution is 2.18. The molecular weight excluding hydrogens is 197 g/mol. The first-order valence-corrected chi connectivity index (χ1v) is 4.51. The Labute approximate surface area is 88.0 Å². The number of hydrazine groups is 1. The van der Waals surface area contributed by atoms with Crippen LogP contribution in [0.1, 0.15) is 10.4 Å². The molecule has 4 nitrogen and oxygen atoms in total. The number of carbonyl (C=O) groups is 1. The van der Waals surface area contributed by atoms with Crippen molar-refractivity contribution in [3.63, 3.8) is 0 Å². The van der Waals surface area contributed by atoms with Crippen LogP contribution < -0.4 is 10.7 Å². The Morgan fingerprint density at radius 3 is 2.60 bits per heavy atom. The van der Waals surface area contributed by atoms with E-state index in [1.54, 1.807) is 27.2 Å². The summed E-state index contributed by atoms with van der Waals surface area (Å²) in [5, 5.41) is 4.17. The van der Waals surface area contributed by atoms with Crippen LogP contribution in [-0.2, 0) is 0 Å². The molecule has 1 aromatic carbocycles. The van der Waals surface area contributed by atoms with Crippen molar-refractivity contribution in [2.75, 3.05) is 26.5 Å². The number of rotatable bonds is 3. The second kappa shape index (κ2) is 4.75. The minimum absolute atomic E-state index is 0.205. The Hall–Kier alpha value is -1.62. The zero-order valence-electron chi connectivity index (χ0n) is 8.97. The van der Waals surface area contributed by atoms with Crippen LogP contribution in [0.3, 0.4) is 0 Å². The summed E-state index contributed by atoms with van der Waals surface area (Å²) < 4.78 is 13.3. The molecule has 1 amide bonds. The molecule has 0 spiro atoms. The third kappa shape index (κ3) is 2.66. The molecule has 0 radical (unpaired) electrons. The van der Waals surface area contributed by atoms with Crippen molar-refractivity contribution >= 4 is 11.6 Å². The summed E-state index contributed by atoms with van der Waals surface area (Å²) in [5.41, 5.74) is 3.04. The number of para-hydroxylation sites is 1. The lowest BCUT2D eigenvalue weighted by atomic mass is 10.1. The quantitative estimate of drug-likeness (QED) is 0.735. The van der Waals surface area contributed by atoms with E-state index in [4.69, 9.17) is 0 Å². The lowest BCUT2D eigenvalue weighted by Crippen LogP contribution is -2.36. The van der Waals surface area contributed by atoms with Gasteiger partial charge in [0, 0.05) is 21.1 Å². The summed E-state index contributed by atoms with van der Waals surface area (Å²) in [6.07, 6.45) is 0. The molecule has 5 heteroatoms. The lowest BCUT2D eigenvalue weighted by Gasteiger charge is -2.14. The predicted octanol–water partition coefficient (Wildman–Crippen LogP) is 1.07. The van der Waals surface area contributed by atoms with Gasteiger partial charge in [0.05, 0.1) is 11.3 Å². The number of nitrogens with zero attached hydrogens (tertiary/aromatic N) is 1. The molecule has 0 aliphatic heterocycles. The van der Waals surface area contributed by atoms with Gasteiger partial charge in [0.15, 0.2) is 0 Å². The van der Waals surface area contributed by atoms with Gasteiger partial charge in [0.2, 0.25) is 0 Å². The topological polar surface area (TPSA) is 44.4 Å². The van der Waals surface area contributed by atoms with Gasteiger partial charge in [-0.2, -0.15) is 0 Å². The van der Waals surface area contributed by atoms with Crippen LogP contribution in [0.15, 0.2) is 18.2 Å². The second-order valence-corrected chi connectivity index (χ2v) is 3.25. The largest absolute Gasteiger partial charge is 0.385 e. The maximum Gasteiger partial charge on any atom is 0.267 e. The average molecular weight is 211 g/mol. The zero-order chi connectivity index (χ0) is 11.4. The van der Waals surface area contributed by atoms with E-state index in [1.165, 1.54) is 17.1 Å². The van der Waals surface area contributed by atoms with Gasteiger partial charge in [-0.25, -0.2) is 9.40 Å². The van der Waals surface area contributed by atoms with Crippen LogP contribution in [-0.4, -0.2) is 32.1 Å². The maximum absolute atomic E-state index is 13.3. The Morgan fingerprint density at radius 2 is 2.07 bits per heavy atom. The number of hydrogen-bond acceptors (Lipinski definition) is 3. The fourth-order valence-corrected chi connectivity index (χ4v) is 1.23. The first kappa shape index (κ1) is 11.5. The van der Waals surface area contributed by atoms with E-state index in [9.17, 15) is 9.18 Å². The van der Waals surface area contributed by atoms with Crippen molar-refractivity contribution in [1.29, 1.82) is 0 Å². The maximum atomic E-state index is 13.3. The van der Waals surface area contributed by atoms with E-state index in [1.807, 2.05) is 0 Å². The zero-order valence-corrected chi connectivity index (χ0v) is 8.97. The van der Waals surface area contributed by atoms with Gasteiger partial charge >= 0.3 is 0 Å². The molecular formula is C10H14FN3O. The summed E-state index contributed by atoms with van der Waals surface area (Å²) >= 11 is 0. The van der Waals surface area contributed by atoms with Crippen molar-refractivity contribution in [3.05, 3.63) is 29.6 Å². The van der Waals surface area contributed by atoms with Gasteiger partial charge in [-0.3, -0.25) is 10.2 Å². The normalized spacial score (nSPS) is 10.2. The van der Waals surface area contributed by atoms with Gasteiger partial charge in [-0.15, -0.1) is 0 Å². The SMILES string of the molecule is CNc1c(F)cccc1C(=O)NN(C)C. The van der Waals surface area contributed by atoms with E-state index in [-0.39, 0.29) is 17.2 Å². The third-order valence-electron chi connectivity index (χ3n) is 1.83. The Morgan fingerprint density at radius 1 is 1.40 bits per heavy atom. The second-order valence-electron chi connectivity index (χ2n) is 3.25. The minimum Gasteiger partial charge on any atom is -0.385 e. The standard InChI is InChI=1S/C10H14FN3O/c1-12-9-7(5-4-6-8(9)11)10(15)13-14(2)3/h4-6,12H,1-3H3,(H,13,15). The fourth-order valence-electron chi connectivity index (χ4n) is 1.23. The minimum atomic E-state index is -0.441. The molecule has 1 aromatic rings. The van der Waals surface area contributed by atoms with Crippen molar-refractivity contribution < 1.29 is 9.18 Å². The molecule has 0 saturated carbocycles. The van der Waals surface area contributed by atoms with Crippen molar-refractivity contribution in [2.24, 2.45) is 0 Å². The monoisotopic (exact) mass is 211 g/mol. The number of halogens is 1. The number of benzene rings is 1. The summed E-state index contributed by atoms with van der Waals surface area (Å²) in [6.45, 7) is 0. The van der Waals surface area contributed by atoms with Gasteiger partial charge < -0.3 is 5.32 Å². The summed E-state index contributed by atoms with van der Waals surface area (Å²) in [4.78, 5) is 11.6. The molecule has 0 bridgehead atoms. The summed E-state index contributed by atoms with van der Waals surface area (Å²) in [5.74, 6) is -0.784. The molecule has 0 heterocycles. The number of carbonyl (C=O) groups excluding carboxylic acids is 1. The van der Waals surface area contributed by atoms with Crippen LogP contribution >= 0.6 is 0 Å². The van der Waals surface area contributed by atoms with E-state index in [0.29, 0.717) is 0 Å². The number of amides is 1. The Bertz CT molecular complexity index is 366. The van der Waals surface area contributed by atoms with Crippen LogP contribution in [0.4, 0.5) is 10.1 Å². The molecule has 0 aliphatic rings. The molecule has 15 heavy (non-hydrogen) atoms. The van der Waals surface area contributed by atoms with Crippen LogP contribution in [0, 0.1) is 5.82 Å². The average Bonchev–Trinajstić information content (AvgIpc) is 2.16. The number of nitrogens with one attached hydrogen (secondary N) is 2. The molecule has 0 unspecified atom stereocenters.